The van der Waals surface area contributed by atoms with Crippen LogP contribution in [0.15, 0.2) is 36.5 Å². The highest BCUT2D eigenvalue weighted by molar-refractivity contribution is 5.74. The summed E-state index contributed by atoms with van der Waals surface area (Å²) in [6.07, 6.45) is 4.53. The molecule has 0 aromatic heterocycles. The summed E-state index contributed by atoms with van der Waals surface area (Å²) in [6.45, 7) is 6.67. The Morgan fingerprint density at radius 1 is 1.29 bits per heavy atom. The third-order valence-corrected chi connectivity index (χ3v) is 3.05. The molecule has 0 aliphatic heterocycles. The Labute approximate surface area is 127 Å². The molecule has 0 fully saturated rings. The van der Waals surface area contributed by atoms with Gasteiger partial charge in [-0.15, -0.1) is 0 Å². The molecule has 1 aromatic rings. The molecule has 0 bridgehead atoms. The molecule has 0 spiro atoms. The summed E-state index contributed by atoms with van der Waals surface area (Å²) in [5.74, 6) is 0.850. The van der Waals surface area contributed by atoms with E-state index < -0.39 is 0 Å². The van der Waals surface area contributed by atoms with Crippen molar-refractivity contribution in [2.24, 2.45) is 0 Å². The predicted molar refractivity (Wildman–Crippen MR) is 84.3 cm³/mol. The molecule has 0 aliphatic rings. The monoisotopic (exact) mass is 291 g/mol. The first kappa shape index (κ1) is 17.2. The van der Waals surface area contributed by atoms with Crippen LogP contribution in [0.5, 0.6) is 5.75 Å². The lowest BCUT2D eigenvalue weighted by Gasteiger charge is -2.20. The van der Waals surface area contributed by atoms with Gasteiger partial charge in [0.05, 0.1) is 6.61 Å². The second-order valence-electron chi connectivity index (χ2n) is 5.10. The minimum atomic E-state index is 0.0312. The fourth-order valence-corrected chi connectivity index (χ4v) is 1.91. The summed E-state index contributed by atoms with van der Waals surface area (Å²) in [6, 6.07) is 8.12. The van der Waals surface area contributed by atoms with Crippen molar-refractivity contribution in [1.29, 1.82) is 0 Å². The Kier molecular flexibility index (Phi) is 7.54. The number of amides is 1. The molecule has 0 saturated carbocycles. The van der Waals surface area contributed by atoms with Crippen molar-refractivity contribution in [3.05, 3.63) is 42.1 Å². The van der Waals surface area contributed by atoms with E-state index >= 15 is 0 Å². The van der Waals surface area contributed by atoms with Crippen molar-refractivity contribution >= 4 is 5.91 Å². The SMILES string of the molecule is COCCc1ccc(OC/C=C/N(C(C)=O)C(C)C)cc1. The molecular weight excluding hydrogens is 266 g/mol. The van der Waals surface area contributed by atoms with Gasteiger partial charge >= 0.3 is 0 Å². The topological polar surface area (TPSA) is 38.8 Å². The van der Waals surface area contributed by atoms with Crippen molar-refractivity contribution in [3.8, 4) is 5.75 Å². The predicted octanol–water partition coefficient (Wildman–Crippen LogP) is 3.02. The van der Waals surface area contributed by atoms with Gasteiger partial charge in [0.1, 0.15) is 12.4 Å². The maximum Gasteiger partial charge on any atom is 0.223 e. The summed E-state index contributed by atoms with van der Waals surface area (Å²) in [4.78, 5) is 13.1. The molecule has 1 rings (SSSR count). The first-order valence-electron chi connectivity index (χ1n) is 7.21. The van der Waals surface area contributed by atoms with Crippen molar-refractivity contribution in [2.75, 3.05) is 20.3 Å². The Morgan fingerprint density at radius 2 is 1.95 bits per heavy atom. The second-order valence-corrected chi connectivity index (χ2v) is 5.10. The van der Waals surface area contributed by atoms with E-state index in [4.69, 9.17) is 9.47 Å². The molecule has 0 aliphatic carbocycles. The van der Waals surface area contributed by atoms with E-state index in [1.165, 1.54) is 5.56 Å². The van der Waals surface area contributed by atoms with Gasteiger partial charge in [-0.3, -0.25) is 4.79 Å². The Bertz CT molecular complexity index is 452. The lowest BCUT2D eigenvalue weighted by atomic mass is 10.1. The highest BCUT2D eigenvalue weighted by atomic mass is 16.5. The summed E-state index contributed by atoms with van der Waals surface area (Å²) in [5.41, 5.74) is 1.22. The molecule has 4 heteroatoms. The van der Waals surface area contributed by atoms with E-state index in [1.807, 2.05) is 44.2 Å². The highest BCUT2D eigenvalue weighted by Gasteiger charge is 2.07. The standard InChI is InChI=1S/C17H25NO3/c1-14(2)18(15(3)19)11-5-12-21-17-8-6-16(7-9-17)10-13-20-4/h5-9,11,14H,10,12-13H2,1-4H3/b11-5+. The average Bonchev–Trinajstić information content (AvgIpc) is 2.45. The van der Waals surface area contributed by atoms with Crippen molar-refractivity contribution in [1.82, 2.24) is 4.90 Å². The van der Waals surface area contributed by atoms with Gasteiger partial charge < -0.3 is 14.4 Å². The summed E-state index contributed by atoms with van der Waals surface area (Å²) in [7, 11) is 1.70. The van der Waals surface area contributed by atoms with Crippen LogP contribution in [0.25, 0.3) is 0 Å². The highest BCUT2D eigenvalue weighted by Crippen LogP contribution is 2.12. The van der Waals surface area contributed by atoms with Gasteiger partial charge in [0.2, 0.25) is 5.91 Å². The van der Waals surface area contributed by atoms with Gasteiger partial charge in [-0.05, 0) is 44.0 Å². The van der Waals surface area contributed by atoms with Gasteiger partial charge in [0.15, 0.2) is 0 Å². The normalized spacial score (nSPS) is 11.1. The van der Waals surface area contributed by atoms with Crippen LogP contribution in [0, 0.1) is 0 Å². The number of carbonyl (C=O) groups is 1. The van der Waals surface area contributed by atoms with Crippen LogP contribution in [-0.4, -0.2) is 37.2 Å². The van der Waals surface area contributed by atoms with E-state index in [1.54, 1.807) is 25.1 Å². The smallest absolute Gasteiger partial charge is 0.223 e. The molecular formula is C17H25NO3. The number of nitrogens with zero attached hydrogens (tertiary/aromatic N) is 1. The van der Waals surface area contributed by atoms with Crippen molar-refractivity contribution in [3.63, 3.8) is 0 Å². The van der Waals surface area contributed by atoms with Crippen LogP contribution in [0.3, 0.4) is 0 Å². The van der Waals surface area contributed by atoms with Crippen LogP contribution in [0.1, 0.15) is 26.3 Å². The van der Waals surface area contributed by atoms with Crippen LogP contribution in [-0.2, 0) is 16.0 Å². The van der Waals surface area contributed by atoms with E-state index in [0.29, 0.717) is 6.61 Å². The molecule has 1 amide bonds. The lowest BCUT2D eigenvalue weighted by molar-refractivity contribution is -0.127. The third-order valence-electron chi connectivity index (χ3n) is 3.05. The molecule has 116 valence electrons. The Hall–Kier alpha value is -1.81. The fourth-order valence-electron chi connectivity index (χ4n) is 1.91. The van der Waals surface area contributed by atoms with Gasteiger partial charge in [-0.2, -0.15) is 0 Å². The zero-order valence-electron chi connectivity index (χ0n) is 13.3. The molecule has 0 heterocycles. The third kappa shape index (κ3) is 6.45. The quantitative estimate of drug-likeness (QED) is 0.739. The molecule has 0 saturated heterocycles. The summed E-state index contributed by atoms with van der Waals surface area (Å²) >= 11 is 0. The minimum Gasteiger partial charge on any atom is -0.489 e. The van der Waals surface area contributed by atoms with Gasteiger partial charge in [0.25, 0.3) is 0 Å². The van der Waals surface area contributed by atoms with E-state index in [2.05, 4.69) is 0 Å². The molecule has 0 atom stereocenters. The Balaban J connectivity index is 2.43. The van der Waals surface area contributed by atoms with E-state index in [0.717, 1.165) is 18.8 Å². The van der Waals surface area contributed by atoms with Gasteiger partial charge in [-0.25, -0.2) is 0 Å². The van der Waals surface area contributed by atoms with Crippen LogP contribution in [0.4, 0.5) is 0 Å². The number of carbonyl (C=O) groups excluding carboxylic acids is 1. The van der Waals surface area contributed by atoms with Crippen LogP contribution < -0.4 is 4.74 Å². The molecule has 21 heavy (non-hydrogen) atoms. The van der Waals surface area contributed by atoms with E-state index in [-0.39, 0.29) is 11.9 Å². The number of methoxy groups -OCH3 is 1. The molecule has 0 unspecified atom stereocenters. The van der Waals surface area contributed by atoms with Crippen LogP contribution in [0.2, 0.25) is 0 Å². The number of hydrogen-bond acceptors (Lipinski definition) is 3. The zero-order chi connectivity index (χ0) is 15.7. The maximum absolute atomic E-state index is 11.4. The second kappa shape index (κ2) is 9.19. The summed E-state index contributed by atoms with van der Waals surface area (Å²) in [5, 5.41) is 0. The molecule has 0 radical (unpaired) electrons. The average molecular weight is 291 g/mol. The summed E-state index contributed by atoms with van der Waals surface area (Å²) < 4.78 is 10.7. The van der Waals surface area contributed by atoms with Gasteiger partial charge in [-0.1, -0.05) is 12.1 Å². The number of benzene rings is 1. The fraction of sp³-hybridized carbons (Fsp3) is 0.471. The number of ether oxygens (including phenoxy) is 2. The maximum atomic E-state index is 11.4. The molecule has 4 nitrogen and oxygen atoms in total. The first-order chi connectivity index (χ1) is 10.0. The van der Waals surface area contributed by atoms with Crippen molar-refractivity contribution in [2.45, 2.75) is 33.2 Å². The number of rotatable bonds is 8. The first-order valence-corrected chi connectivity index (χ1v) is 7.21. The Morgan fingerprint density at radius 3 is 2.48 bits per heavy atom. The lowest BCUT2D eigenvalue weighted by Crippen LogP contribution is -2.29. The minimum absolute atomic E-state index is 0.0312. The van der Waals surface area contributed by atoms with Gasteiger partial charge in [0, 0.05) is 26.3 Å². The number of hydrogen-bond donors (Lipinski definition) is 0. The van der Waals surface area contributed by atoms with Crippen LogP contribution >= 0.6 is 0 Å². The molecule has 1 aromatic carbocycles. The molecule has 0 N–H and O–H groups in total. The van der Waals surface area contributed by atoms with Crippen molar-refractivity contribution < 1.29 is 14.3 Å². The largest absolute Gasteiger partial charge is 0.489 e. The van der Waals surface area contributed by atoms with E-state index in [9.17, 15) is 4.79 Å². The zero-order valence-corrected chi connectivity index (χ0v) is 13.3.